The molecule has 5 heteroatoms. The van der Waals surface area contributed by atoms with Gasteiger partial charge in [0.05, 0.1) is 0 Å². The van der Waals surface area contributed by atoms with Gasteiger partial charge in [0.1, 0.15) is 0 Å². The van der Waals surface area contributed by atoms with E-state index in [1.807, 2.05) is 17.1 Å². The minimum Gasteiger partial charge on any atom is -1.00 e. The molecular formula is C10H17Cl3NV-5. The summed E-state index contributed by atoms with van der Waals surface area (Å²) in [6.45, 7) is 6.29. The number of halogens is 3. The molecule has 0 spiro atoms. The Morgan fingerprint density at radius 2 is 1.67 bits per heavy atom. The molecule has 0 amide bonds. The van der Waals surface area contributed by atoms with Gasteiger partial charge in [-0.3, -0.25) is 13.1 Å². The summed E-state index contributed by atoms with van der Waals surface area (Å²) in [7, 11) is 3.71. The third-order valence-electron chi connectivity index (χ3n) is 1.48. The summed E-state index contributed by atoms with van der Waals surface area (Å²) in [6.07, 6.45) is 10.0. The first kappa shape index (κ1) is 29.7. The molecule has 0 N–H and O–H groups in total. The number of allylic oxidation sites excluding steroid dienone is 4. The molecule has 0 aliphatic heterocycles. The Morgan fingerprint density at radius 1 is 1.20 bits per heavy atom. The summed E-state index contributed by atoms with van der Waals surface area (Å²) in [6, 6.07) is 0. The van der Waals surface area contributed by atoms with Gasteiger partial charge < -0.3 is 42.1 Å². The van der Waals surface area contributed by atoms with Crippen LogP contribution in [0.2, 0.25) is 0 Å². The second-order valence-electron chi connectivity index (χ2n) is 2.31. The van der Waals surface area contributed by atoms with E-state index in [2.05, 4.69) is 33.0 Å². The molecule has 1 rings (SSSR count). The van der Waals surface area contributed by atoms with Gasteiger partial charge in [0.25, 0.3) is 0 Å². The minimum absolute atomic E-state index is 0. The van der Waals surface area contributed by atoms with Crippen LogP contribution in [0.5, 0.6) is 0 Å². The van der Waals surface area contributed by atoms with E-state index < -0.39 is 0 Å². The van der Waals surface area contributed by atoms with Crippen molar-refractivity contribution in [2.45, 2.75) is 20.3 Å². The molecule has 0 atom stereocenters. The van der Waals surface area contributed by atoms with Crippen molar-refractivity contribution < 1.29 is 55.8 Å². The van der Waals surface area contributed by atoms with Crippen LogP contribution in [-0.2, 0) is 18.6 Å². The quantitative estimate of drug-likeness (QED) is 0.459. The molecule has 15 heavy (non-hydrogen) atoms. The second-order valence-corrected chi connectivity index (χ2v) is 2.31. The predicted octanol–water partition coefficient (Wildman–Crippen LogP) is -6.57. The first-order valence-electron chi connectivity index (χ1n) is 4.08. The maximum Gasteiger partial charge on any atom is 0 e. The van der Waals surface area contributed by atoms with E-state index in [0.717, 1.165) is 19.5 Å². The van der Waals surface area contributed by atoms with Crippen molar-refractivity contribution in [1.29, 1.82) is 0 Å². The Labute approximate surface area is 125 Å². The SMILES string of the molecule is [C-]1=CC=CC1.[CH2-]N(CC)CC.[Cl-].[Cl-].[Cl-].[V]. The van der Waals surface area contributed by atoms with E-state index in [1.165, 1.54) is 0 Å². The monoisotopic (exact) mass is 307 g/mol. The standard InChI is InChI=1S/C5H12N.C5H5.3ClH.V/c1-4-6(3)5-2;1-2-4-5-3-1;;;;/h3-5H2,1-2H3;1-3H,4H2;3*1H;/q2*-1;;;;/p-3. The molecule has 93 valence electrons. The Hall–Kier alpha value is 0.894. The molecule has 1 radical (unpaired) electrons. The Morgan fingerprint density at radius 3 is 1.73 bits per heavy atom. The number of hydrogen-bond acceptors (Lipinski definition) is 1. The molecule has 0 heterocycles. The molecular weight excluding hydrogens is 291 g/mol. The van der Waals surface area contributed by atoms with Crippen molar-refractivity contribution >= 4 is 0 Å². The van der Waals surface area contributed by atoms with Crippen molar-refractivity contribution in [3.63, 3.8) is 0 Å². The average molecular weight is 309 g/mol. The van der Waals surface area contributed by atoms with E-state index in [1.54, 1.807) is 0 Å². The Bertz CT molecular complexity index is 127. The van der Waals surface area contributed by atoms with Crippen LogP contribution in [0, 0.1) is 13.1 Å². The fourth-order valence-corrected chi connectivity index (χ4v) is 0.564. The molecule has 0 aromatic carbocycles. The van der Waals surface area contributed by atoms with E-state index in [-0.39, 0.29) is 55.8 Å². The van der Waals surface area contributed by atoms with Gasteiger partial charge >= 0.3 is 0 Å². The van der Waals surface area contributed by atoms with Gasteiger partial charge in [-0.25, -0.2) is 12.2 Å². The molecule has 0 unspecified atom stereocenters. The third kappa shape index (κ3) is 25.3. The van der Waals surface area contributed by atoms with Gasteiger partial charge in [0.2, 0.25) is 0 Å². The van der Waals surface area contributed by atoms with Gasteiger partial charge in [0.15, 0.2) is 0 Å². The van der Waals surface area contributed by atoms with Gasteiger partial charge in [-0.05, 0) is 13.1 Å². The maximum absolute atomic E-state index is 3.71. The van der Waals surface area contributed by atoms with Crippen LogP contribution in [0.3, 0.4) is 0 Å². The van der Waals surface area contributed by atoms with Crippen molar-refractivity contribution in [3.8, 4) is 0 Å². The zero-order chi connectivity index (χ0) is 8.53. The van der Waals surface area contributed by atoms with Crippen LogP contribution in [0.25, 0.3) is 0 Å². The van der Waals surface area contributed by atoms with E-state index >= 15 is 0 Å². The van der Waals surface area contributed by atoms with Crippen molar-refractivity contribution in [3.05, 3.63) is 31.4 Å². The summed E-state index contributed by atoms with van der Waals surface area (Å²) in [4.78, 5) is 2.00. The first-order valence-corrected chi connectivity index (χ1v) is 4.08. The summed E-state index contributed by atoms with van der Waals surface area (Å²) in [5.41, 5.74) is 0. The van der Waals surface area contributed by atoms with Crippen LogP contribution in [-0.4, -0.2) is 18.0 Å². The summed E-state index contributed by atoms with van der Waals surface area (Å²) < 4.78 is 0. The van der Waals surface area contributed by atoms with E-state index in [0.29, 0.717) is 0 Å². The molecule has 0 aromatic heterocycles. The van der Waals surface area contributed by atoms with Gasteiger partial charge in [-0.2, -0.15) is 6.08 Å². The Balaban J connectivity index is -0.0000000352. The normalized spacial score (nSPS) is 9.87. The molecule has 0 saturated heterocycles. The van der Waals surface area contributed by atoms with Gasteiger partial charge in [-0.1, -0.05) is 13.8 Å². The summed E-state index contributed by atoms with van der Waals surface area (Å²) >= 11 is 0. The largest absolute Gasteiger partial charge is 1.00 e. The van der Waals surface area contributed by atoms with Gasteiger partial charge in [0, 0.05) is 18.6 Å². The Kier molecular flexibility index (Phi) is 48.0. The molecule has 0 aromatic rings. The summed E-state index contributed by atoms with van der Waals surface area (Å²) in [5, 5.41) is 0. The van der Waals surface area contributed by atoms with Gasteiger partial charge in [-0.15, -0.1) is 6.42 Å². The summed E-state index contributed by atoms with van der Waals surface area (Å²) in [5.74, 6) is 0. The smallest absolute Gasteiger partial charge is 0 e. The third-order valence-corrected chi connectivity index (χ3v) is 1.48. The second kappa shape index (κ2) is 24.2. The van der Waals surface area contributed by atoms with E-state index in [9.17, 15) is 0 Å². The fraction of sp³-hybridized carbons (Fsp3) is 0.500. The molecule has 0 fully saturated rings. The van der Waals surface area contributed by atoms with Crippen LogP contribution in [0.1, 0.15) is 20.3 Å². The maximum atomic E-state index is 3.71. The topological polar surface area (TPSA) is 3.24 Å². The molecule has 1 aliphatic carbocycles. The van der Waals surface area contributed by atoms with Crippen LogP contribution in [0.4, 0.5) is 0 Å². The molecule has 0 bridgehead atoms. The number of rotatable bonds is 2. The molecule has 1 aliphatic rings. The van der Waals surface area contributed by atoms with Crippen molar-refractivity contribution in [1.82, 2.24) is 4.90 Å². The zero-order valence-corrected chi connectivity index (χ0v) is 12.8. The van der Waals surface area contributed by atoms with Crippen LogP contribution < -0.4 is 37.2 Å². The van der Waals surface area contributed by atoms with E-state index in [4.69, 9.17) is 0 Å². The van der Waals surface area contributed by atoms with Crippen molar-refractivity contribution in [2.24, 2.45) is 0 Å². The minimum atomic E-state index is 0. The van der Waals surface area contributed by atoms with Crippen molar-refractivity contribution in [2.75, 3.05) is 13.1 Å². The molecule has 1 nitrogen and oxygen atoms in total. The number of hydrogen-bond donors (Lipinski definition) is 0. The number of nitrogens with zero attached hydrogens (tertiary/aromatic N) is 1. The first-order chi connectivity index (χ1) is 5.31. The van der Waals surface area contributed by atoms with Crippen LogP contribution >= 0.6 is 0 Å². The predicted molar refractivity (Wildman–Crippen MR) is 49.8 cm³/mol. The molecule has 0 saturated carbocycles. The average Bonchev–Trinajstić information content (AvgIpc) is 2.60. The fourth-order valence-electron chi connectivity index (χ4n) is 0.564. The van der Waals surface area contributed by atoms with Crippen LogP contribution in [0.15, 0.2) is 18.2 Å². The zero-order valence-electron chi connectivity index (χ0n) is 9.09.